The summed E-state index contributed by atoms with van der Waals surface area (Å²) in [6, 6.07) is 3.99. The zero-order valence-electron chi connectivity index (χ0n) is 7.88. The number of rotatable bonds is 2. The van der Waals surface area contributed by atoms with E-state index in [0.29, 0.717) is 0 Å². The number of nitrogens with zero attached hydrogens (tertiary/aromatic N) is 1. The maximum atomic E-state index is 13.3. The summed E-state index contributed by atoms with van der Waals surface area (Å²) in [5.74, 6) is -1.42. The summed E-state index contributed by atoms with van der Waals surface area (Å²) >= 11 is 5.46. The van der Waals surface area contributed by atoms with Crippen LogP contribution < -0.4 is 0 Å². The van der Waals surface area contributed by atoms with E-state index in [-0.39, 0.29) is 22.6 Å². The largest absolute Gasteiger partial charge is 0.465 e. The van der Waals surface area contributed by atoms with Crippen molar-refractivity contribution in [3.05, 3.63) is 34.6 Å². The van der Waals surface area contributed by atoms with Crippen molar-refractivity contribution in [3.8, 4) is 6.07 Å². The van der Waals surface area contributed by atoms with E-state index in [1.54, 1.807) is 6.07 Å². The molecule has 0 saturated heterocycles. The molecule has 0 aliphatic rings. The summed E-state index contributed by atoms with van der Waals surface area (Å²) in [6.45, 7) is 0. The van der Waals surface area contributed by atoms with Crippen LogP contribution in [-0.4, -0.2) is 13.1 Å². The minimum Gasteiger partial charge on any atom is -0.465 e. The van der Waals surface area contributed by atoms with Crippen molar-refractivity contribution in [1.29, 1.82) is 5.26 Å². The Morgan fingerprint density at radius 2 is 2.33 bits per heavy atom. The predicted molar refractivity (Wildman–Crippen MR) is 52.0 cm³/mol. The number of hydrogen-bond acceptors (Lipinski definition) is 3. The van der Waals surface area contributed by atoms with E-state index in [1.807, 2.05) is 0 Å². The molecule has 0 amide bonds. The highest BCUT2D eigenvalue weighted by molar-refractivity contribution is 6.17. The van der Waals surface area contributed by atoms with Crippen LogP contribution in [0.3, 0.4) is 0 Å². The molecular weight excluding hydrogens is 221 g/mol. The molecule has 15 heavy (non-hydrogen) atoms. The average Bonchev–Trinajstić information content (AvgIpc) is 2.27. The molecule has 0 radical (unpaired) electrons. The van der Waals surface area contributed by atoms with Gasteiger partial charge in [-0.2, -0.15) is 5.26 Å². The lowest BCUT2D eigenvalue weighted by atomic mass is 10.0. The zero-order valence-corrected chi connectivity index (χ0v) is 8.64. The minimum absolute atomic E-state index is 0.0536. The molecular formula is C10H7ClFNO2. The Bertz CT molecular complexity index is 440. The summed E-state index contributed by atoms with van der Waals surface area (Å²) in [7, 11) is 1.16. The summed E-state index contributed by atoms with van der Waals surface area (Å²) in [5.41, 5.74) is 0.145. The number of esters is 1. The molecule has 1 rings (SSSR count). The molecule has 1 aromatic rings. The molecule has 0 spiro atoms. The first-order valence-electron chi connectivity index (χ1n) is 4.00. The highest BCUT2D eigenvalue weighted by Gasteiger charge is 2.15. The Morgan fingerprint density at radius 3 is 2.80 bits per heavy atom. The van der Waals surface area contributed by atoms with E-state index in [1.165, 1.54) is 6.07 Å². The fourth-order valence-electron chi connectivity index (χ4n) is 1.09. The number of carbonyl (C=O) groups excluding carboxylic acids is 1. The molecule has 5 heteroatoms. The first kappa shape index (κ1) is 11.5. The summed E-state index contributed by atoms with van der Waals surface area (Å²) in [4.78, 5) is 11.2. The van der Waals surface area contributed by atoms with E-state index in [0.717, 1.165) is 13.2 Å². The van der Waals surface area contributed by atoms with E-state index < -0.39 is 11.8 Å². The normalized spacial score (nSPS) is 9.47. The van der Waals surface area contributed by atoms with Crippen molar-refractivity contribution < 1.29 is 13.9 Å². The van der Waals surface area contributed by atoms with E-state index >= 15 is 0 Å². The van der Waals surface area contributed by atoms with Gasteiger partial charge in [-0.05, 0) is 12.1 Å². The molecule has 1 aromatic carbocycles. The Morgan fingerprint density at radius 1 is 1.67 bits per heavy atom. The van der Waals surface area contributed by atoms with Crippen molar-refractivity contribution in [3.63, 3.8) is 0 Å². The molecule has 78 valence electrons. The fraction of sp³-hybridized carbons (Fsp3) is 0.200. The monoisotopic (exact) mass is 227 g/mol. The van der Waals surface area contributed by atoms with Crippen LogP contribution in [0.2, 0.25) is 0 Å². The number of benzene rings is 1. The fourth-order valence-corrected chi connectivity index (χ4v) is 1.30. The van der Waals surface area contributed by atoms with Crippen molar-refractivity contribution in [2.45, 2.75) is 5.88 Å². The molecule has 0 unspecified atom stereocenters. The molecule has 3 nitrogen and oxygen atoms in total. The maximum absolute atomic E-state index is 13.3. The van der Waals surface area contributed by atoms with E-state index in [4.69, 9.17) is 16.9 Å². The van der Waals surface area contributed by atoms with E-state index in [2.05, 4.69) is 4.74 Å². The number of hydrogen-bond donors (Lipinski definition) is 0. The third-order valence-corrected chi connectivity index (χ3v) is 2.14. The van der Waals surface area contributed by atoms with Gasteiger partial charge in [-0.3, -0.25) is 0 Å². The van der Waals surface area contributed by atoms with Gasteiger partial charge in [0.15, 0.2) is 0 Å². The molecule has 0 fully saturated rings. The number of ether oxygens (including phenoxy) is 1. The SMILES string of the molecule is COC(=O)c1cc(F)c(CCl)cc1C#N. The Hall–Kier alpha value is -1.60. The quantitative estimate of drug-likeness (QED) is 0.575. The lowest BCUT2D eigenvalue weighted by Crippen LogP contribution is -2.06. The van der Waals surface area contributed by atoms with Crippen molar-refractivity contribution in [1.82, 2.24) is 0 Å². The molecule has 0 bridgehead atoms. The van der Waals surface area contributed by atoms with E-state index in [9.17, 15) is 9.18 Å². The topological polar surface area (TPSA) is 50.1 Å². The van der Waals surface area contributed by atoms with Gasteiger partial charge in [-0.25, -0.2) is 9.18 Å². The maximum Gasteiger partial charge on any atom is 0.339 e. The highest BCUT2D eigenvalue weighted by atomic mass is 35.5. The number of halogens is 2. The highest BCUT2D eigenvalue weighted by Crippen LogP contribution is 2.18. The summed E-state index contributed by atoms with van der Waals surface area (Å²) < 4.78 is 17.7. The van der Waals surface area contributed by atoms with Gasteiger partial charge < -0.3 is 4.74 Å². The molecule has 0 N–H and O–H groups in total. The second-order valence-electron chi connectivity index (χ2n) is 2.73. The number of carbonyl (C=O) groups is 1. The first-order valence-corrected chi connectivity index (χ1v) is 4.54. The number of methoxy groups -OCH3 is 1. The second kappa shape index (κ2) is 4.76. The van der Waals surface area contributed by atoms with Gasteiger partial charge >= 0.3 is 5.97 Å². The van der Waals surface area contributed by atoms with Crippen LogP contribution in [0.15, 0.2) is 12.1 Å². The lowest BCUT2D eigenvalue weighted by molar-refractivity contribution is 0.0600. The first-order chi connectivity index (χ1) is 7.13. The van der Waals surface area contributed by atoms with Gasteiger partial charge in [0.25, 0.3) is 0 Å². The molecule has 0 aromatic heterocycles. The van der Waals surface area contributed by atoms with Crippen LogP contribution in [0.1, 0.15) is 21.5 Å². The third-order valence-electron chi connectivity index (χ3n) is 1.86. The van der Waals surface area contributed by atoms with Gasteiger partial charge in [-0.15, -0.1) is 11.6 Å². The molecule has 0 saturated carbocycles. The van der Waals surface area contributed by atoms with Crippen LogP contribution in [0.4, 0.5) is 4.39 Å². The van der Waals surface area contributed by atoms with Crippen LogP contribution >= 0.6 is 11.6 Å². The third kappa shape index (κ3) is 2.25. The minimum atomic E-state index is -0.744. The predicted octanol–water partition coefficient (Wildman–Crippen LogP) is 2.22. The Kier molecular flexibility index (Phi) is 3.64. The smallest absolute Gasteiger partial charge is 0.339 e. The Labute approximate surface area is 91.0 Å². The molecule has 0 atom stereocenters. The van der Waals surface area contributed by atoms with Crippen LogP contribution in [0.25, 0.3) is 0 Å². The second-order valence-corrected chi connectivity index (χ2v) is 2.99. The molecule has 0 aliphatic heterocycles. The number of nitriles is 1. The average molecular weight is 228 g/mol. The lowest BCUT2D eigenvalue weighted by Gasteiger charge is -2.04. The standard InChI is InChI=1S/C10H7ClFNO2/c1-15-10(14)8-3-9(12)6(4-11)2-7(8)5-13/h2-3H,4H2,1H3. The molecule has 0 aliphatic carbocycles. The molecule has 0 heterocycles. The van der Waals surface area contributed by atoms with Crippen LogP contribution in [0.5, 0.6) is 0 Å². The van der Waals surface area contributed by atoms with Gasteiger partial charge in [-0.1, -0.05) is 0 Å². The van der Waals surface area contributed by atoms with Gasteiger partial charge in [0.2, 0.25) is 0 Å². The Balaban J connectivity index is 3.35. The van der Waals surface area contributed by atoms with Crippen LogP contribution in [-0.2, 0) is 10.6 Å². The van der Waals surface area contributed by atoms with Crippen LogP contribution in [0, 0.1) is 17.1 Å². The van der Waals surface area contributed by atoms with Crippen molar-refractivity contribution >= 4 is 17.6 Å². The van der Waals surface area contributed by atoms with Gasteiger partial charge in [0, 0.05) is 5.56 Å². The zero-order chi connectivity index (χ0) is 11.4. The summed E-state index contributed by atoms with van der Waals surface area (Å²) in [5, 5.41) is 8.75. The van der Waals surface area contributed by atoms with Gasteiger partial charge in [0.05, 0.1) is 24.1 Å². The van der Waals surface area contributed by atoms with Gasteiger partial charge in [0.1, 0.15) is 11.9 Å². The number of alkyl halides is 1. The van der Waals surface area contributed by atoms with Crippen molar-refractivity contribution in [2.75, 3.05) is 7.11 Å². The van der Waals surface area contributed by atoms with Crippen molar-refractivity contribution in [2.24, 2.45) is 0 Å². The summed E-state index contributed by atoms with van der Waals surface area (Å²) in [6.07, 6.45) is 0.